The molecule has 1 heterocycles. The van der Waals surface area contributed by atoms with Crippen molar-refractivity contribution >= 4 is 38.9 Å². The Morgan fingerprint density at radius 1 is 0.912 bits per heavy atom. The fourth-order valence-corrected chi connectivity index (χ4v) is 4.76. The molecule has 2 amide bonds. The predicted octanol–water partition coefficient (Wildman–Crippen LogP) is 4.03. The topological polar surface area (TPSA) is 126 Å². The standard InChI is InChI=1S/C24H26N4O5S/c1-14-7-6-8-15(2)22(14)28-34(31,32)21-12-19(13-25-24(21)33-5)27-23(30)20-10-9-18(11-16(20)3)26-17(4)29/h6-13,28H,1-5H3,(H,26,29)(H,27,30). The molecule has 0 saturated heterocycles. The van der Waals surface area contributed by atoms with E-state index in [2.05, 4.69) is 20.3 Å². The summed E-state index contributed by atoms with van der Waals surface area (Å²) in [4.78, 5) is 27.9. The highest BCUT2D eigenvalue weighted by molar-refractivity contribution is 7.92. The van der Waals surface area contributed by atoms with Crippen molar-refractivity contribution < 1.29 is 22.7 Å². The van der Waals surface area contributed by atoms with Crippen LogP contribution in [0.25, 0.3) is 0 Å². The van der Waals surface area contributed by atoms with Crippen LogP contribution < -0.4 is 20.1 Å². The number of hydrogen-bond donors (Lipinski definition) is 3. The maximum absolute atomic E-state index is 13.2. The Balaban J connectivity index is 1.91. The van der Waals surface area contributed by atoms with Crippen molar-refractivity contribution in [2.75, 3.05) is 22.5 Å². The second-order valence-corrected chi connectivity index (χ2v) is 9.42. The van der Waals surface area contributed by atoms with Crippen LogP contribution in [-0.4, -0.2) is 32.3 Å². The van der Waals surface area contributed by atoms with E-state index in [4.69, 9.17) is 4.74 Å². The molecule has 0 radical (unpaired) electrons. The molecule has 0 aliphatic heterocycles. The van der Waals surface area contributed by atoms with E-state index in [1.165, 1.54) is 26.3 Å². The summed E-state index contributed by atoms with van der Waals surface area (Å²) in [6.07, 6.45) is 1.32. The van der Waals surface area contributed by atoms with Crippen molar-refractivity contribution in [2.45, 2.75) is 32.6 Å². The number of nitrogens with one attached hydrogen (secondary N) is 3. The fraction of sp³-hybridized carbons (Fsp3) is 0.208. The van der Waals surface area contributed by atoms with Crippen molar-refractivity contribution in [2.24, 2.45) is 0 Å². The van der Waals surface area contributed by atoms with Crippen molar-refractivity contribution in [1.82, 2.24) is 4.98 Å². The van der Waals surface area contributed by atoms with Gasteiger partial charge in [-0.05, 0) is 61.7 Å². The molecule has 1 aromatic heterocycles. The molecular weight excluding hydrogens is 456 g/mol. The monoisotopic (exact) mass is 482 g/mol. The van der Waals surface area contributed by atoms with Crippen LogP contribution in [0.5, 0.6) is 5.88 Å². The lowest BCUT2D eigenvalue weighted by molar-refractivity contribution is -0.114. The first-order valence-electron chi connectivity index (χ1n) is 10.3. The number of hydrogen-bond acceptors (Lipinski definition) is 6. The van der Waals surface area contributed by atoms with E-state index in [1.807, 2.05) is 6.07 Å². The zero-order valence-electron chi connectivity index (χ0n) is 19.5. The van der Waals surface area contributed by atoms with E-state index in [0.29, 0.717) is 22.5 Å². The summed E-state index contributed by atoms with van der Waals surface area (Å²) in [6, 6.07) is 11.6. The highest BCUT2D eigenvalue weighted by Gasteiger charge is 2.24. The number of nitrogens with zero attached hydrogens (tertiary/aromatic N) is 1. The molecule has 0 unspecified atom stereocenters. The summed E-state index contributed by atoms with van der Waals surface area (Å²) in [5.74, 6) is -0.776. The molecule has 9 nitrogen and oxygen atoms in total. The summed E-state index contributed by atoms with van der Waals surface area (Å²) in [6.45, 7) is 6.73. The van der Waals surface area contributed by atoms with E-state index >= 15 is 0 Å². The molecule has 34 heavy (non-hydrogen) atoms. The van der Waals surface area contributed by atoms with Crippen LogP contribution in [0.3, 0.4) is 0 Å². The second-order valence-electron chi connectivity index (χ2n) is 7.77. The molecule has 10 heteroatoms. The molecular formula is C24H26N4O5S. The normalized spacial score (nSPS) is 11.0. The van der Waals surface area contributed by atoms with E-state index in [9.17, 15) is 18.0 Å². The Kier molecular flexibility index (Phi) is 7.21. The molecule has 0 atom stereocenters. The third kappa shape index (κ3) is 5.52. The number of anilines is 3. The summed E-state index contributed by atoms with van der Waals surface area (Å²) in [5.41, 5.74) is 3.74. The van der Waals surface area contributed by atoms with Crippen molar-refractivity contribution in [3.63, 3.8) is 0 Å². The Bertz CT molecular complexity index is 1350. The molecule has 0 aliphatic carbocycles. The highest BCUT2D eigenvalue weighted by Crippen LogP contribution is 2.29. The van der Waals surface area contributed by atoms with Crippen LogP contribution in [0.1, 0.15) is 34.0 Å². The maximum atomic E-state index is 13.2. The number of aryl methyl sites for hydroxylation is 3. The van der Waals surface area contributed by atoms with Gasteiger partial charge >= 0.3 is 0 Å². The largest absolute Gasteiger partial charge is 0.480 e. The molecule has 2 aromatic carbocycles. The molecule has 178 valence electrons. The number of sulfonamides is 1. The van der Waals surface area contributed by atoms with Gasteiger partial charge in [0.1, 0.15) is 0 Å². The van der Waals surface area contributed by atoms with E-state index in [-0.39, 0.29) is 22.4 Å². The van der Waals surface area contributed by atoms with Gasteiger partial charge in [-0.1, -0.05) is 18.2 Å². The minimum atomic E-state index is -4.08. The summed E-state index contributed by atoms with van der Waals surface area (Å²) in [7, 11) is -2.76. The number of amides is 2. The number of aromatic nitrogens is 1. The van der Waals surface area contributed by atoms with Crippen LogP contribution in [0.2, 0.25) is 0 Å². The summed E-state index contributed by atoms with van der Waals surface area (Å²) >= 11 is 0. The van der Waals surface area contributed by atoms with Crippen LogP contribution in [0.4, 0.5) is 17.1 Å². The van der Waals surface area contributed by atoms with Gasteiger partial charge in [-0.2, -0.15) is 0 Å². The predicted molar refractivity (Wildman–Crippen MR) is 131 cm³/mol. The highest BCUT2D eigenvalue weighted by atomic mass is 32.2. The average molecular weight is 483 g/mol. The SMILES string of the molecule is COc1ncc(NC(=O)c2ccc(NC(C)=O)cc2C)cc1S(=O)(=O)Nc1c(C)cccc1C. The van der Waals surface area contributed by atoms with Crippen LogP contribution in [-0.2, 0) is 14.8 Å². The summed E-state index contributed by atoms with van der Waals surface area (Å²) < 4.78 is 34.1. The lowest BCUT2D eigenvalue weighted by Crippen LogP contribution is -2.18. The number of carbonyl (C=O) groups excluding carboxylic acids is 2. The Hall–Kier alpha value is -3.92. The van der Waals surface area contributed by atoms with E-state index < -0.39 is 15.9 Å². The van der Waals surface area contributed by atoms with Gasteiger partial charge in [-0.25, -0.2) is 13.4 Å². The zero-order chi connectivity index (χ0) is 25.0. The minimum absolute atomic E-state index is 0.104. The first-order valence-corrected chi connectivity index (χ1v) is 11.8. The Labute approximate surface area is 198 Å². The van der Waals surface area contributed by atoms with Crippen molar-refractivity contribution in [3.05, 3.63) is 70.9 Å². The second kappa shape index (κ2) is 9.92. The van der Waals surface area contributed by atoms with E-state index in [1.54, 1.807) is 51.1 Å². The number of benzene rings is 2. The molecule has 3 aromatic rings. The smallest absolute Gasteiger partial charge is 0.267 e. The van der Waals surface area contributed by atoms with Gasteiger partial charge in [0.2, 0.25) is 11.8 Å². The Morgan fingerprint density at radius 3 is 2.18 bits per heavy atom. The molecule has 0 aliphatic rings. The first kappa shape index (κ1) is 24.7. The molecule has 0 spiro atoms. The van der Waals surface area contributed by atoms with Gasteiger partial charge in [-0.15, -0.1) is 0 Å². The molecule has 0 bridgehead atoms. The Morgan fingerprint density at radius 2 is 1.59 bits per heavy atom. The van der Waals surface area contributed by atoms with Gasteiger partial charge in [0.15, 0.2) is 4.90 Å². The molecule has 3 rings (SSSR count). The molecule has 3 N–H and O–H groups in total. The number of carbonyl (C=O) groups is 2. The van der Waals surface area contributed by atoms with Crippen LogP contribution in [0.15, 0.2) is 53.6 Å². The van der Waals surface area contributed by atoms with Crippen LogP contribution in [0, 0.1) is 20.8 Å². The van der Waals surface area contributed by atoms with Gasteiger partial charge in [0.05, 0.1) is 24.7 Å². The van der Waals surface area contributed by atoms with Crippen molar-refractivity contribution in [1.29, 1.82) is 0 Å². The fourth-order valence-electron chi connectivity index (χ4n) is 3.41. The lowest BCUT2D eigenvalue weighted by atomic mass is 10.1. The van der Waals surface area contributed by atoms with Gasteiger partial charge < -0.3 is 15.4 Å². The third-order valence-corrected chi connectivity index (χ3v) is 6.41. The molecule has 0 saturated carbocycles. The number of para-hydroxylation sites is 1. The first-order chi connectivity index (χ1) is 16.0. The number of pyridine rings is 1. The van der Waals surface area contributed by atoms with Gasteiger partial charge in [0, 0.05) is 18.2 Å². The number of rotatable bonds is 7. The van der Waals surface area contributed by atoms with Gasteiger partial charge in [0.25, 0.3) is 15.9 Å². The third-order valence-electron chi connectivity index (χ3n) is 5.07. The van der Waals surface area contributed by atoms with Gasteiger partial charge in [-0.3, -0.25) is 14.3 Å². The molecule has 0 fully saturated rings. The summed E-state index contributed by atoms with van der Waals surface area (Å²) in [5, 5.41) is 5.33. The quantitative estimate of drug-likeness (QED) is 0.467. The number of ether oxygens (including phenoxy) is 1. The number of methoxy groups -OCH3 is 1. The average Bonchev–Trinajstić information content (AvgIpc) is 2.76. The lowest BCUT2D eigenvalue weighted by Gasteiger charge is -2.16. The van der Waals surface area contributed by atoms with Crippen LogP contribution >= 0.6 is 0 Å². The minimum Gasteiger partial charge on any atom is -0.480 e. The van der Waals surface area contributed by atoms with E-state index in [0.717, 1.165) is 11.1 Å². The van der Waals surface area contributed by atoms with Crippen molar-refractivity contribution in [3.8, 4) is 5.88 Å². The maximum Gasteiger partial charge on any atom is 0.267 e. The zero-order valence-corrected chi connectivity index (χ0v) is 20.3.